The molecule has 0 spiro atoms. The maximum Gasteiger partial charge on any atom is 0.226 e. The second-order valence-electron chi connectivity index (χ2n) is 7.26. The van der Waals surface area contributed by atoms with E-state index in [9.17, 15) is 9.59 Å². The number of nitrogens with zero attached hydrogens (tertiary/aromatic N) is 3. The molecule has 0 saturated carbocycles. The molecular formula is C22H23ClN4O2. The first kappa shape index (κ1) is 19.5. The van der Waals surface area contributed by atoms with Gasteiger partial charge in [0.05, 0.1) is 29.6 Å². The van der Waals surface area contributed by atoms with E-state index >= 15 is 0 Å². The molecule has 150 valence electrons. The van der Waals surface area contributed by atoms with Gasteiger partial charge in [0, 0.05) is 29.9 Å². The minimum Gasteiger partial charge on any atom is -0.370 e. The highest BCUT2D eigenvalue weighted by molar-refractivity contribution is 6.31. The van der Waals surface area contributed by atoms with Crippen molar-refractivity contribution in [3.8, 4) is 0 Å². The standard InChI is InChI=1S/C22H23ClN4O2/c23-16-8-9-20(26-11-4-1-5-12-26)18(14-16)25-22(29)10-13-27-19-7-3-2-6-17(19)21(28)15-24-27/h2-3,6-9,14-15H,1,4-5,10-13H2,(H,25,29). The average molecular weight is 411 g/mol. The van der Waals surface area contributed by atoms with Gasteiger partial charge in [-0.2, -0.15) is 5.10 Å². The van der Waals surface area contributed by atoms with Crippen LogP contribution in [0.4, 0.5) is 11.4 Å². The molecule has 0 unspecified atom stereocenters. The lowest BCUT2D eigenvalue weighted by Crippen LogP contribution is -2.30. The maximum atomic E-state index is 12.7. The molecule has 0 radical (unpaired) electrons. The fourth-order valence-corrected chi connectivity index (χ4v) is 3.95. The molecule has 1 saturated heterocycles. The normalized spacial score (nSPS) is 14.2. The lowest BCUT2D eigenvalue weighted by molar-refractivity contribution is -0.116. The van der Waals surface area contributed by atoms with Gasteiger partial charge in [-0.3, -0.25) is 14.3 Å². The molecule has 29 heavy (non-hydrogen) atoms. The number of amides is 1. The van der Waals surface area contributed by atoms with Crippen LogP contribution in [0, 0.1) is 0 Å². The summed E-state index contributed by atoms with van der Waals surface area (Å²) in [6.07, 6.45) is 5.09. The fraction of sp³-hybridized carbons (Fsp3) is 0.318. The number of hydrogen-bond donors (Lipinski definition) is 1. The largest absolute Gasteiger partial charge is 0.370 e. The third-order valence-corrected chi connectivity index (χ3v) is 5.48. The molecule has 1 aliphatic rings. The van der Waals surface area contributed by atoms with E-state index in [2.05, 4.69) is 15.3 Å². The first-order valence-corrected chi connectivity index (χ1v) is 10.3. The number of aryl methyl sites for hydroxylation is 1. The molecule has 0 aliphatic carbocycles. The molecule has 7 heteroatoms. The summed E-state index contributed by atoms with van der Waals surface area (Å²) in [6.45, 7) is 2.35. The van der Waals surface area contributed by atoms with Crippen LogP contribution in [0.2, 0.25) is 5.02 Å². The van der Waals surface area contributed by atoms with E-state index in [1.54, 1.807) is 16.8 Å². The summed E-state index contributed by atoms with van der Waals surface area (Å²) in [6, 6.07) is 12.9. The zero-order chi connectivity index (χ0) is 20.2. The van der Waals surface area contributed by atoms with E-state index in [1.165, 1.54) is 12.6 Å². The van der Waals surface area contributed by atoms with Crippen molar-refractivity contribution in [3.63, 3.8) is 0 Å². The number of rotatable bonds is 5. The lowest BCUT2D eigenvalue weighted by Gasteiger charge is -2.30. The van der Waals surface area contributed by atoms with Gasteiger partial charge < -0.3 is 10.2 Å². The first-order chi connectivity index (χ1) is 14.1. The number of carbonyl (C=O) groups is 1. The number of nitrogens with one attached hydrogen (secondary N) is 1. The highest BCUT2D eigenvalue weighted by atomic mass is 35.5. The topological polar surface area (TPSA) is 67.2 Å². The van der Waals surface area contributed by atoms with E-state index in [4.69, 9.17) is 11.6 Å². The van der Waals surface area contributed by atoms with Gasteiger partial charge in [0.2, 0.25) is 11.3 Å². The number of piperidine rings is 1. The highest BCUT2D eigenvalue weighted by Gasteiger charge is 2.16. The van der Waals surface area contributed by atoms with Crippen LogP contribution in [0.25, 0.3) is 10.9 Å². The Bertz CT molecular complexity index is 1090. The van der Waals surface area contributed by atoms with Crippen LogP contribution >= 0.6 is 11.6 Å². The molecule has 0 atom stereocenters. The van der Waals surface area contributed by atoms with Crippen LogP contribution in [0.1, 0.15) is 25.7 Å². The zero-order valence-electron chi connectivity index (χ0n) is 16.1. The van der Waals surface area contributed by atoms with Crippen molar-refractivity contribution in [1.29, 1.82) is 0 Å². The Labute approximate surface area is 174 Å². The third-order valence-electron chi connectivity index (χ3n) is 5.24. The van der Waals surface area contributed by atoms with Crippen molar-refractivity contribution in [2.45, 2.75) is 32.2 Å². The average Bonchev–Trinajstić information content (AvgIpc) is 2.74. The van der Waals surface area contributed by atoms with Crippen molar-refractivity contribution in [3.05, 3.63) is 63.9 Å². The van der Waals surface area contributed by atoms with Crippen molar-refractivity contribution in [2.24, 2.45) is 0 Å². The lowest BCUT2D eigenvalue weighted by atomic mass is 10.1. The van der Waals surface area contributed by atoms with Crippen molar-refractivity contribution in [1.82, 2.24) is 9.78 Å². The quantitative estimate of drug-likeness (QED) is 0.688. The predicted octanol–water partition coefficient (Wildman–Crippen LogP) is 4.07. The monoisotopic (exact) mass is 410 g/mol. The molecule has 6 nitrogen and oxygen atoms in total. The van der Waals surface area contributed by atoms with Gasteiger partial charge in [-0.05, 0) is 49.6 Å². The molecule has 3 aromatic rings. The minimum atomic E-state index is -0.119. The Morgan fingerprint density at radius 1 is 1.10 bits per heavy atom. The van der Waals surface area contributed by atoms with Crippen LogP contribution < -0.4 is 15.6 Å². The van der Waals surface area contributed by atoms with Gasteiger partial charge in [-0.15, -0.1) is 0 Å². The van der Waals surface area contributed by atoms with E-state index in [-0.39, 0.29) is 17.8 Å². The van der Waals surface area contributed by atoms with Gasteiger partial charge in [-0.1, -0.05) is 23.7 Å². The van der Waals surface area contributed by atoms with E-state index in [1.807, 2.05) is 30.3 Å². The Morgan fingerprint density at radius 2 is 1.90 bits per heavy atom. The minimum absolute atomic E-state index is 0.116. The number of fused-ring (bicyclic) bond motifs is 1. The van der Waals surface area contributed by atoms with E-state index < -0.39 is 0 Å². The zero-order valence-corrected chi connectivity index (χ0v) is 16.9. The van der Waals surface area contributed by atoms with Crippen LogP contribution in [-0.4, -0.2) is 28.8 Å². The van der Waals surface area contributed by atoms with Crippen molar-refractivity contribution in [2.75, 3.05) is 23.3 Å². The Kier molecular flexibility index (Phi) is 5.81. The van der Waals surface area contributed by atoms with Crippen LogP contribution in [0.3, 0.4) is 0 Å². The van der Waals surface area contributed by atoms with Gasteiger partial charge >= 0.3 is 0 Å². The van der Waals surface area contributed by atoms with Gasteiger partial charge in [-0.25, -0.2) is 0 Å². The molecule has 1 aliphatic heterocycles. The molecule has 2 aromatic carbocycles. The summed E-state index contributed by atoms with van der Waals surface area (Å²) in [5.74, 6) is -0.116. The second kappa shape index (κ2) is 8.66. The van der Waals surface area contributed by atoms with Crippen LogP contribution in [0.5, 0.6) is 0 Å². The molecule has 2 heterocycles. The molecule has 1 N–H and O–H groups in total. The number of aromatic nitrogens is 2. The molecule has 1 fully saturated rings. The number of halogens is 1. The molecular weight excluding hydrogens is 388 g/mol. The van der Waals surface area contributed by atoms with Gasteiger partial charge in [0.25, 0.3) is 0 Å². The van der Waals surface area contributed by atoms with Gasteiger partial charge in [0.1, 0.15) is 0 Å². The van der Waals surface area contributed by atoms with Gasteiger partial charge in [0.15, 0.2) is 0 Å². The van der Waals surface area contributed by atoms with Crippen LogP contribution in [-0.2, 0) is 11.3 Å². The summed E-state index contributed by atoms with van der Waals surface area (Å²) in [5.41, 5.74) is 2.35. The van der Waals surface area contributed by atoms with E-state index in [0.717, 1.165) is 42.8 Å². The Balaban J connectivity index is 1.49. The number of benzene rings is 2. The number of para-hydroxylation sites is 1. The predicted molar refractivity (Wildman–Crippen MR) is 117 cm³/mol. The summed E-state index contributed by atoms with van der Waals surface area (Å²) < 4.78 is 1.69. The molecule has 1 amide bonds. The summed E-state index contributed by atoms with van der Waals surface area (Å²) in [5, 5.41) is 8.39. The number of hydrogen-bond acceptors (Lipinski definition) is 4. The first-order valence-electron chi connectivity index (χ1n) is 9.91. The van der Waals surface area contributed by atoms with Crippen molar-refractivity contribution < 1.29 is 4.79 Å². The third kappa shape index (κ3) is 4.43. The second-order valence-corrected chi connectivity index (χ2v) is 7.69. The number of carbonyl (C=O) groups excluding carboxylic acids is 1. The fourth-order valence-electron chi connectivity index (χ4n) is 3.78. The molecule has 4 rings (SSSR count). The summed E-state index contributed by atoms with van der Waals surface area (Å²) >= 11 is 6.18. The smallest absolute Gasteiger partial charge is 0.226 e. The Hall–Kier alpha value is -2.86. The highest BCUT2D eigenvalue weighted by Crippen LogP contribution is 2.31. The Morgan fingerprint density at radius 3 is 2.72 bits per heavy atom. The van der Waals surface area contributed by atoms with Crippen molar-refractivity contribution >= 4 is 39.8 Å². The molecule has 1 aromatic heterocycles. The summed E-state index contributed by atoms with van der Waals surface area (Å²) in [4.78, 5) is 26.9. The van der Waals surface area contributed by atoms with E-state index in [0.29, 0.717) is 17.0 Å². The van der Waals surface area contributed by atoms with Crippen LogP contribution in [0.15, 0.2) is 53.5 Å². The SMILES string of the molecule is O=C(CCn1ncc(=O)c2ccccc21)Nc1cc(Cl)ccc1N1CCCCC1. The molecule has 0 bridgehead atoms. The maximum absolute atomic E-state index is 12.7. The summed E-state index contributed by atoms with van der Waals surface area (Å²) in [7, 11) is 0. The number of anilines is 2.